The summed E-state index contributed by atoms with van der Waals surface area (Å²) in [7, 11) is 1.63. The maximum atomic E-state index is 12.2. The zero-order valence-electron chi connectivity index (χ0n) is 12.1. The van der Waals surface area contributed by atoms with Gasteiger partial charge in [-0.1, -0.05) is 12.2 Å². The number of hydrogen-bond acceptors (Lipinski definition) is 4. The summed E-state index contributed by atoms with van der Waals surface area (Å²) in [5.41, 5.74) is 6.31. The molecule has 0 saturated heterocycles. The lowest BCUT2D eigenvalue weighted by molar-refractivity contribution is -0.134. The van der Waals surface area contributed by atoms with Crippen molar-refractivity contribution in [2.45, 2.75) is 18.9 Å². The number of rotatable bonds is 8. The lowest BCUT2D eigenvalue weighted by Gasteiger charge is -2.22. The molecule has 1 aliphatic rings. The predicted octanol–water partition coefficient (Wildman–Crippen LogP) is 1.34. The lowest BCUT2D eigenvalue weighted by atomic mass is 10.2. The molecule has 1 aliphatic carbocycles. The Bertz CT molecular complexity index is 500. The van der Waals surface area contributed by atoms with Crippen LogP contribution in [0.4, 0.5) is 0 Å². The zero-order chi connectivity index (χ0) is 15.2. The number of nitrogens with zero attached hydrogens (tertiary/aromatic N) is 1. The highest BCUT2D eigenvalue weighted by atomic mass is 32.1. The van der Waals surface area contributed by atoms with Gasteiger partial charge in [-0.05, 0) is 37.1 Å². The minimum Gasteiger partial charge on any atom is -0.484 e. The third-order valence-corrected chi connectivity index (χ3v) is 3.58. The highest BCUT2D eigenvalue weighted by Gasteiger charge is 2.32. The van der Waals surface area contributed by atoms with E-state index in [1.807, 2.05) is 4.90 Å². The van der Waals surface area contributed by atoms with Gasteiger partial charge >= 0.3 is 0 Å². The first kappa shape index (κ1) is 15.7. The maximum Gasteiger partial charge on any atom is 0.260 e. The van der Waals surface area contributed by atoms with Gasteiger partial charge in [-0.15, -0.1) is 0 Å². The normalized spacial score (nSPS) is 13.8. The van der Waals surface area contributed by atoms with E-state index < -0.39 is 0 Å². The van der Waals surface area contributed by atoms with Crippen LogP contribution in [0.1, 0.15) is 18.4 Å². The minimum atomic E-state index is -0.00651. The van der Waals surface area contributed by atoms with Crippen LogP contribution in [0.3, 0.4) is 0 Å². The SMILES string of the molecule is COCCN(C(=O)COc1ccc(C(N)=S)cc1)C1CC1. The molecule has 2 N–H and O–H groups in total. The first-order valence-corrected chi connectivity index (χ1v) is 7.33. The number of benzene rings is 1. The fraction of sp³-hybridized carbons (Fsp3) is 0.467. The average molecular weight is 308 g/mol. The van der Waals surface area contributed by atoms with Gasteiger partial charge in [0.05, 0.1) is 6.61 Å². The fourth-order valence-corrected chi connectivity index (χ4v) is 2.17. The zero-order valence-corrected chi connectivity index (χ0v) is 12.9. The summed E-state index contributed by atoms with van der Waals surface area (Å²) in [6.45, 7) is 1.20. The van der Waals surface area contributed by atoms with Crippen molar-refractivity contribution in [1.82, 2.24) is 4.90 Å². The molecule has 5 nitrogen and oxygen atoms in total. The van der Waals surface area contributed by atoms with E-state index in [9.17, 15) is 4.79 Å². The molecule has 0 unspecified atom stereocenters. The van der Waals surface area contributed by atoms with E-state index in [4.69, 9.17) is 27.4 Å². The number of amides is 1. The van der Waals surface area contributed by atoms with Crippen molar-refractivity contribution in [3.63, 3.8) is 0 Å². The van der Waals surface area contributed by atoms with E-state index in [0.29, 0.717) is 29.9 Å². The van der Waals surface area contributed by atoms with Gasteiger partial charge < -0.3 is 20.1 Å². The van der Waals surface area contributed by atoms with Gasteiger partial charge in [0.25, 0.3) is 5.91 Å². The molecule has 0 spiro atoms. The van der Waals surface area contributed by atoms with Crippen molar-refractivity contribution < 1.29 is 14.3 Å². The van der Waals surface area contributed by atoms with E-state index >= 15 is 0 Å². The predicted molar refractivity (Wildman–Crippen MR) is 84.4 cm³/mol. The number of hydrogen-bond donors (Lipinski definition) is 1. The molecule has 0 heterocycles. The molecular weight excluding hydrogens is 288 g/mol. The molecule has 0 aliphatic heterocycles. The van der Waals surface area contributed by atoms with Crippen molar-refractivity contribution in [3.8, 4) is 5.75 Å². The second kappa shape index (κ2) is 7.38. The third-order valence-electron chi connectivity index (χ3n) is 3.35. The Hall–Kier alpha value is -1.66. The van der Waals surface area contributed by atoms with Crippen LogP contribution in [-0.2, 0) is 9.53 Å². The standard InChI is InChI=1S/C15H20N2O3S/c1-19-9-8-17(12-4-5-12)14(18)10-20-13-6-2-11(3-7-13)15(16)21/h2-3,6-7,12H,4-5,8-10H2,1H3,(H2,16,21). The van der Waals surface area contributed by atoms with E-state index in [1.54, 1.807) is 31.4 Å². The summed E-state index contributed by atoms with van der Waals surface area (Å²) in [5, 5.41) is 0. The topological polar surface area (TPSA) is 64.8 Å². The number of methoxy groups -OCH3 is 1. The third kappa shape index (κ3) is 4.68. The first-order chi connectivity index (χ1) is 10.1. The van der Waals surface area contributed by atoms with E-state index in [-0.39, 0.29) is 12.5 Å². The van der Waals surface area contributed by atoms with Gasteiger partial charge in [-0.2, -0.15) is 0 Å². The quantitative estimate of drug-likeness (QED) is 0.734. The molecule has 2 rings (SSSR count). The van der Waals surface area contributed by atoms with Gasteiger partial charge in [0, 0.05) is 25.3 Å². The molecule has 1 amide bonds. The number of thiocarbonyl (C=S) groups is 1. The summed E-state index contributed by atoms with van der Waals surface area (Å²) < 4.78 is 10.6. The smallest absolute Gasteiger partial charge is 0.260 e. The van der Waals surface area contributed by atoms with Crippen molar-refractivity contribution in [2.75, 3.05) is 26.9 Å². The molecule has 1 fully saturated rings. The molecular formula is C15H20N2O3S. The van der Waals surface area contributed by atoms with Crippen LogP contribution in [-0.4, -0.2) is 48.7 Å². The Labute approximate surface area is 130 Å². The van der Waals surface area contributed by atoms with Crippen molar-refractivity contribution in [2.24, 2.45) is 5.73 Å². The largest absolute Gasteiger partial charge is 0.484 e. The molecule has 0 atom stereocenters. The van der Waals surface area contributed by atoms with Gasteiger partial charge in [-0.25, -0.2) is 0 Å². The molecule has 0 radical (unpaired) electrons. The number of ether oxygens (including phenoxy) is 2. The molecule has 21 heavy (non-hydrogen) atoms. The first-order valence-electron chi connectivity index (χ1n) is 6.93. The van der Waals surface area contributed by atoms with E-state index in [1.165, 1.54) is 0 Å². The van der Waals surface area contributed by atoms with Gasteiger partial charge in [0.2, 0.25) is 0 Å². The average Bonchev–Trinajstić information content (AvgIpc) is 3.30. The second-order valence-corrected chi connectivity index (χ2v) is 5.43. The second-order valence-electron chi connectivity index (χ2n) is 4.99. The molecule has 0 bridgehead atoms. The monoisotopic (exact) mass is 308 g/mol. The summed E-state index contributed by atoms with van der Waals surface area (Å²) in [6.07, 6.45) is 2.14. The van der Waals surface area contributed by atoms with Crippen molar-refractivity contribution >= 4 is 23.1 Å². The Morgan fingerprint density at radius 3 is 2.57 bits per heavy atom. The van der Waals surface area contributed by atoms with Gasteiger partial charge in [-0.3, -0.25) is 4.79 Å². The van der Waals surface area contributed by atoms with E-state index in [2.05, 4.69) is 0 Å². The lowest BCUT2D eigenvalue weighted by Crippen LogP contribution is -2.38. The van der Waals surface area contributed by atoms with Crippen molar-refractivity contribution in [3.05, 3.63) is 29.8 Å². The Kier molecular flexibility index (Phi) is 5.52. The fourth-order valence-electron chi connectivity index (χ4n) is 2.03. The summed E-state index contributed by atoms with van der Waals surface area (Å²) in [6, 6.07) is 7.45. The minimum absolute atomic E-state index is 0.00651. The van der Waals surface area contributed by atoms with Crippen LogP contribution in [0.15, 0.2) is 24.3 Å². The summed E-state index contributed by atoms with van der Waals surface area (Å²) in [4.78, 5) is 14.4. The van der Waals surface area contributed by atoms with Gasteiger partial charge in [0.1, 0.15) is 10.7 Å². The summed E-state index contributed by atoms with van der Waals surface area (Å²) >= 11 is 4.89. The Morgan fingerprint density at radius 2 is 2.05 bits per heavy atom. The molecule has 1 aromatic rings. The molecule has 114 valence electrons. The highest BCUT2D eigenvalue weighted by molar-refractivity contribution is 7.80. The molecule has 1 aromatic carbocycles. The van der Waals surface area contributed by atoms with Crippen LogP contribution in [0.2, 0.25) is 0 Å². The number of nitrogens with two attached hydrogens (primary N) is 1. The summed E-state index contributed by atoms with van der Waals surface area (Å²) in [5.74, 6) is 0.624. The van der Waals surface area contributed by atoms with Gasteiger partial charge in [0.15, 0.2) is 6.61 Å². The van der Waals surface area contributed by atoms with Crippen LogP contribution in [0, 0.1) is 0 Å². The van der Waals surface area contributed by atoms with Crippen LogP contribution >= 0.6 is 12.2 Å². The maximum absolute atomic E-state index is 12.2. The van der Waals surface area contributed by atoms with Crippen LogP contribution in [0.25, 0.3) is 0 Å². The van der Waals surface area contributed by atoms with Crippen molar-refractivity contribution in [1.29, 1.82) is 0 Å². The van der Waals surface area contributed by atoms with Crippen LogP contribution in [0.5, 0.6) is 5.75 Å². The highest BCUT2D eigenvalue weighted by Crippen LogP contribution is 2.26. The number of carbonyl (C=O) groups excluding carboxylic acids is 1. The molecule has 0 aromatic heterocycles. The number of carbonyl (C=O) groups is 1. The Morgan fingerprint density at radius 1 is 1.38 bits per heavy atom. The van der Waals surface area contributed by atoms with E-state index in [0.717, 1.165) is 18.4 Å². The molecule has 6 heteroatoms. The van der Waals surface area contributed by atoms with Crippen LogP contribution < -0.4 is 10.5 Å². The molecule has 1 saturated carbocycles. The Balaban J connectivity index is 1.85.